The molecule has 20 heavy (non-hydrogen) atoms. The molecule has 0 saturated heterocycles. The van der Waals surface area contributed by atoms with Gasteiger partial charge in [-0.05, 0) is 31.2 Å². The van der Waals surface area contributed by atoms with Crippen molar-refractivity contribution < 1.29 is 19.5 Å². The highest BCUT2D eigenvalue weighted by atomic mass is 32.2. The number of carbonyl (C=O) groups excluding carboxylic acids is 2. The maximum Gasteiger partial charge on any atom is 0.321 e. The number of rotatable bonds is 7. The molecular weight excluding hydrogens is 280 g/mol. The first-order chi connectivity index (χ1) is 9.40. The summed E-state index contributed by atoms with van der Waals surface area (Å²) in [7, 11) is 0. The number of Topliss-reactive ketones (excluding diaryl/α,β-unsaturated/α-hetero) is 1. The van der Waals surface area contributed by atoms with E-state index in [-0.39, 0.29) is 23.2 Å². The van der Waals surface area contributed by atoms with Crippen molar-refractivity contribution in [1.82, 2.24) is 0 Å². The Balaban J connectivity index is 2.39. The third-order valence-corrected chi connectivity index (χ3v) is 3.48. The van der Waals surface area contributed by atoms with Crippen LogP contribution in [0.5, 0.6) is 0 Å². The van der Waals surface area contributed by atoms with Gasteiger partial charge in [-0.3, -0.25) is 14.4 Å². The van der Waals surface area contributed by atoms with Gasteiger partial charge in [-0.2, -0.15) is 0 Å². The van der Waals surface area contributed by atoms with Crippen LogP contribution < -0.4 is 11.1 Å². The number of nitrogens with one attached hydrogen (secondary N) is 1. The maximum atomic E-state index is 11.6. The molecule has 1 aromatic rings. The highest BCUT2D eigenvalue weighted by Gasteiger charge is 2.12. The van der Waals surface area contributed by atoms with E-state index in [0.717, 1.165) is 11.8 Å². The Kier molecular flexibility index (Phi) is 6.20. The number of ketones is 1. The minimum Gasteiger partial charge on any atom is -0.480 e. The van der Waals surface area contributed by atoms with Gasteiger partial charge in [-0.25, -0.2) is 0 Å². The van der Waals surface area contributed by atoms with Crippen molar-refractivity contribution in [3.63, 3.8) is 0 Å². The lowest BCUT2D eigenvalue weighted by Crippen LogP contribution is -2.33. The van der Waals surface area contributed by atoms with E-state index in [9.17, 15) is 14.4 Å². The van der Waals surface area contributed by atoms with Gasteiger partial charge in [0.25, 0.3) is 0 Å². The molecule has 0 saturated carbocycles. The van der Waals surface area contributed by atoms with Crippen LogP contribution in [0.1, 0.15) is 17.3 Å². The Bertz CT molecular complexity index is 502. The zero-order valence-corrected chi connectivity index (χ0v) is 11.8. The monoisotopic (exact) mass is 296 g/mol. The maximum absolute atomic E-state index is 11.6. The number of carboxylic acid groups (broad SMARTS) is 1. The van der Waals surface area contributed by atoms with Crippen molar-refractivity contribution >= 4 is 35.1 Å². The van der Waals surface area contributed by atoms with Gasteiger partial charge < -0.3 is 16.2 Å². The van der Waals surface area contributed by atoms with Gasteiger partial charge >= 0.3 is 5.97 Å². The van der Waals surface area contributed by atoms with Gasteiger partial charge in [0.1, 0.15) is 6.04 Å². The molecular formula is C13H16N2O4S. The number of carboxylic acids is 1. The summed E-state index contributed by atoms with van der Waals surface area (Å²) >= 11 is 1.15. The average Bonchev–Trinajstić information content (AvgIpc) is 2.39. The second-order valence-corrected chi connectivity index (χ2v) is 5.17. The molecule has 108 valence electrons. The zero-order chi connectivity index (χ0) is 15.1. The minimum absolute atomic E-state index is 0.0407. The first-order valence-electron chi connectivity index (χ1n) is 5.87. The molecule has 1 aromatic carbocycles. The molecule has 0 aromatic heterocycles. The van der Waals surface area contributed by atoms with Crippen LogP contribution in [0, 0.1) is 0 Å². The summed E-state index contributed by atoms with van der Waals surface area (Å²) < 4.78 is 0. The molecule has 4 N–H and O–H groups in total. The smallest absolute Gasteiger partial charge is 0.321 e. The summed E-state index contributed by atoms with van der Waals surface area (Å²) in [4.78, 5) is 33.2. The number of carbonyl (C=O) groups is 3. The number of nitrogens with two attached hydrogens (primary N) is 1. The van der Waals surface area contributed by atoms with E-state index in [1.54, 1.807) is 24.3 Å². The third kappa shape index (κ3) is 5.41. The Hall–Kier alpha value is -1.86. The first kappa shape index (κ1) is 16.2. The number of benzene rings is 1. The molecule has 1 atom stereocenters. The van der Waals surface area contributed by atoms with Crippen molar-refractivity contribution in [2.75, 3.05) is 16.8 Å². The Morgan fingerprint density at radius 1 is 1.30 bits per heavy atom. The zero-order valence-electron chi connectivity index (χ0n) is 11.0. The van der Waals surface area contributed by atoms with Crippen LogP contribution in [0.15, 0.2) is 24.3 Å². The van der Waals surface area contributed by atoms with Crippen molar-refractivity contribution in [2.24, 2.45) is 5.73 Å². The number of thioether (sulfide) groups is 1. The van der Waals surface area contributed by atoms with Crippen LogP contribution in [-0.4, -0.2) is 40.3 Å². The number of hydrogen-bond acceptors (Lipinski definition) is 5. The van der Waals surface area contributed by atoms with Crippen LogP contribution in [0.25, 0.3) is 0 Å². The van der Waals surface area contributed by atoms with Crippen LogP contribution in [-0.2, 0) is 9.59 Å². The van der Waals surface area contributed by atoms with Crippen molar-refractivity contribution in [3.8, 4) is 0 Å². The summed E-state index contributed by atoms with van der Waals surface area (Å²) in [6.45, 7) is 1.47. The van der Waals surface area contributed by atoms with E-state index in [1.165, 1.54) is 6.92 Å². The lowest BCUT2D eigenvalue weighted by molar-refractivity contribution is -0.137. The normalized spacial score (nSPS) is 11.7. The molecule has 0 spiro atoms. The fraction of sp³-hybridized carbons (Fsp3) is 0.308. The van der Waals surface area contributed by atoms with E-state index in [0.29, 0.717) is 11.3 Å². The highest BCUT2D eigenvalue weighted by molar-refractivity contribution is 8.00. The fourth-order valence-electron chi connectivity index (χ4n) is 1.34. The van der Waals surface area contributed by atoms with Gasteiger partial charge in [0.15, 0.2) is 5.78 Å². The van der Waals surface area contributed by atoms with Gasteiger partial charge in [0.05, 0.1) is 5.75 Å². The predicted octanol–water partition coefficient (Wildman–Crippen LogP) is 0.973. The Morgan fingerprint density at radius 2 is 1.90 bits per heavy atom. The molecule has 0 fully saturated rings. The molecule has 6 nitrogen and oxygen atoms in total. The van der Waals surface area contributed by atoms with Gasteiger partial charge in [0, 0.05) is 17.0 Å². The van der Waals surface area contributed by atoms with Crippen LogP contribution in [0.4, 0.5) is 5.69 Å². The second-order valence-electron chi connectivity index (χ2n) is 4.14. The molecule has 0 aliphatic rings. The summed E-state index contributed by atoms with van der Waals surface area (Å²) in [6.07, 6.45) is 0. The van der Waals surface area contributed by atoms with Crippen LogP contribution in [0.3, 0.4) is 0 Å². The molecule has 0 radical (unpaired) electrons. The number of aliphatic carboxylic acids is 1. The minimum atomic E-state index is -1.09. The summed E-state index contributed by atoms with van der Waals surface area (Å²) in [6, 6.07) is 5.57. The van der Waals surface area contributed by atoms with Crippen molar-refractivity contribution in [1.29, 1.82) is 0 Å². The lowest BCUT2D eigenvalue weighted by atomic mass is 10.1. The molecule has 0 unspecified atom stereocenters. The van der Waals surface area contributed by atoms with E-state index < -0.39 is 12.0 Å². The Morgan fingerprint density at radius 3 is 2.40 bits per heavy atom. The Labute approximate surface area is 120 Å². The number of amides is 1. The summed E-state index contributed by atoms with van der Waals surface area (Å²) in [5, 5.41) is 11.2. The molecule has 7 heteroatoms. The highest BCUT2D eigenvalue weighted by Crippen LogP contribution is 2.11. The molecule has 0 aliphatic carbocycles. The lowest BCUT2D eigenvalue weighted by Gasteiger charge is -2.07. The number of anilines is 1. The summed E-state index contributed by atoms with van der Waals surface area (Å²) in [5.41, 5.74) is 6.48. The topological polar surface area (TPSA) is 109 Å². The third-order valence-electron chi connectivity index (χ3n) is 2.42. The molecule has 0 heterocycles. The van der Waals surface area contributed by atoms with Gasteiger partial charge in [-0.1, -0.05) is 0 Å². The van der Waals surface area contributed by atoms with Crippen molar-refractivity contribution in [3.05, 3.63) is 29.8 Å². The molecule has 1 amide bonds. The fourth-order valence-corrected chi connectivity index (χ4v) is 2.11. The SMILES string of the molecule is CC(=O)c1ccc(NC(=O)CSC[C@H](N)C(=O)O)cc1. The largest absolute Gasteiger partial charge is 0.480 e. The van der Waals surface area contributed by atoms with E-state index >= 15 is 0 Å². The number of hydrogen-bond donors (Lipinski definition) is 3. The average molecular weight is 296 g/mol. The molecule has 0 bridgehead atoms. The predicted molar refractivity (Wildman–Crippen MR) is 78.0 cm³/mol. The standard InChI is InChI=1S/C13H16N2O4S/c1-8(16)9-2-4-10(5-3-9)15-12(17)7-20-6-11(14)13(18)19/h2-5,11H,6-7,14H2,1H3,(H,15,17)(H,18,19)/t11-/m0/s1. The van der Waals surface area contributed by atoms with E-state index in [2.05, 4.69) is 5.32 Å². The van der Waals surface area contributed by atoms with Gasteiger partial charge in [0.2, 0.25) is 5.91 Å². The summed E-state index contributed by atoms with van der Waals surface area (Å²) in [5.74, 6) is -1.08. The van der Waals surface area contributed by atoms with Crippen LogP contribution >= 0.6 is 11.8 Å². The van der Waals surface area contributed by atoms with Gasteiger partial charge in [-0.15, -0.1) is 11.8 Å². The van der Waals surface area contributed by atoms with Crippen molar-refractivity contribution in [2.45, 2.75) is 13.0 Å². The quantitative estimate of drug-likeness (QED) is 0.647. The second kappa shape index (κ2) is 7.66. The molecule has 0 aliphatic heterocycles. The van der Waals surface area contributed by atoms with E-state index in [1.807, 2.05) is 0 Å². The molecule has 1 rings (SSSR count). The van der Waals surface area contributed by atoms with E-state index in [4.69, 9.17) is 10.8 Å². The first-order valence-corrected chi connectivity index (χ1v) is 7.02. The van der Waals surface area contributed by atoms with Crippen LogP contribution in [0.2, 0.25) is 0 Å².